The number of rotatable bonds is 5. The monoisotopic (exact) mass is 353 g/mol. The Kier molecular flexibility index (Phi) is 5.19. The maximum Gasteiger partial charge on any atom is 0.240 e. The van der Waals surface area contributed by atoms with Crippen LogP contribution in [0.4, 0.5) is 5.69 Å². The number of aryl methyl sites for hydroxylation is 1. The molecule has 2 N–H and O–H groups in total. The molecule has 0 radical (unpaired) electrons. The first kappa shape index (κ1) is 17.3. The SMILES string of the molecule is CC(CNS(=O)(=O)c1ccc2c(c1)CCC(=O)N2)N1CCOCC1. The molecule has 24 heavy (non-hydrogen) atoms. The molecule has 1 amide bonds. The van der Waals surface area contributed by atoms with E-state index in [2.05, 4.69) is 14.9 Å². The third-order valence-electron chi connectivity index (χ3n) is 4.52. The van der Waals surface area contributed by atoms with Crippen LogP contribution in [0.2, 0.25) is 0 Å². The molecule has 1 fully saturated rings. The summed E-state index contributed by atoms with van der Waals surface area (Å²) in [5.41, 5.74) is 1.56. The minimum absolute atomic E-state index is 0.0319. The molecule has 1 aromatic rings. The van der Waals surface area contributed by atoms with Crippen molar-refractivity contribution in [3.05, 3.63) is 23.8 Å². The van der Waals surface area contributed by atoms with E-state index < -0.39 is 10.0 Å². The Hall–Kier alpha value is -1.48. The van der Waals surface area contributed by atoms with Crippen LogP contribution < -0.4 is 10.0 Å². The Balaban J connectivity index is 1.65. The number of anilines is 1. The van der Waals surface area contributed by atoms with Crippen LogP contribution in [-0.2, 0) is 26.0 Å². The lowest BCUT2D eigenvalue weighted by Gasteiger charge is -2.32. The fraction of sp³-hybridized carbons (Fsp3) is 0.562. The molecule has 132 valence electrons. The Morgan fingerprint density at radius 3 is 2.79 bits per heavy atom. The van der Waals surface area contributed by atoms with Gasteiger partial charge in [0.2, 0.25) is 15.9 Å². The molecule has 8 heteroatoms. The molecule has 2 aliphatic rings. The van der Waals surface area contributed by atoms with E-state index in [1.54, 1.807) is 12.1 Å². The van der Waals surface area contributed by atoms with Crippen LogP contribution in [-0.4, -0.2) is 58.1 Å². The first-order valence-electron chi connectivity index (χ1n) is 8.20. The maximum absolute atomic E-state index is 12.5. The highest BCUT2D eigenvalue weighted by atomic mass is 32.2. The zero-order chi connectivity index (χ0) is 17.2. The maximum atomic E-state index is 12.5. The molecular weight excluding hydrogens is 330 g/mol. The topological polar surface area (TPSA) is 87.7 Å². The Morgan fingerprint density at radius 1 is 1.29 bits per heavy atom. The second-order valence-electron chi connectivity index (χ2n) is 6.22. The van der Waals surface area contributed by atoms with E-state index in [1.165, 1.54) is 6.07 Å². The minimum atomic E-state index is -3.56. The highest BCUT2D eigenvalue weighted by Crippen LogP contribution is 2.25. The zero-order valence-corrected chi connectivity index (χ0v) is 14.6. The van der Waals surface area contributed by atoms with E-state index in [0.717, 1.165) is 18.7 Å². The molecular formula is C16H23N3O4S. The van der Waals surface area contributed by atoms with Gasteiger partial charge < -0.3 is 10.1 Å². The summed E-state index contributed by atoms with van der Waals surface area (Å²) in [6.45, 7) is 5.39. The fourth-order valence-electron chi connectivity index (χ4n) is 2.99. The summed E-state index contributed by atoms with van der Waals surface area (Å²) in [6.07, 6.45) is 0.951. The van der Waals surface area contributed by atoms with E-state index in [-0.39, 0.29) is 16.8 Å². The van der Waals surface area contributed by atoms with Gasteiger partial charge in [0.1, 0.15) is 0 Å². The van der Waals surface area contributed by atoms with Crippen molar-refractivity contribution in [1.29, 1.82) is 0 Å². The van der Waals surface area contributed by atoms with Crippen LogP contribution in [0.15, 0.2) is 23.1 Å². The van der Waals surface area contributed by atoms with Gasteiger partial charge >= 0.3 is 0 Å². The highest BCUT2D eigenvalue weighted by molar-refractivity contribution is 7.89. The van der Waals surface area contributed by atoms with Gasteiger partial charge in [-0.15, -0.1) is 0 Å². The zero-order valence-electron chi connectivity index (χ0n) is 13.7. The normalized spacial score (nSPS) is 20.3. The summed E-state index contributed by atoms with van der Waals surface area (Å²) >= 11 is 0. The lowest BCUT2D eigenvalue weighted by Crippen LogP contribution is -2.47. The molecule has 0 spiro atoms. The third kappa shape index (κ3) is 3.94. The smallest absolute Gasteiger partial charge is 0.240 e. The summed E-state index contributed by atoms with van der Waals surface area (Å²) in [5, 5.41) is 2.76. The van der Waals surface area contributed by atoms with Crippen molar-refractivity contribution < 1.29 is 17.9 Å². The van der Waals surface area contributed by atoms with Crippen LogP contribution in [0.3, 0.4) is 0 Å². The van der Waals surface area contributed by atoms with Gasteiger partial charge in [-0.05, 0) is 37.1 Å². The van der Waals surface area contributed by atoms with Gasteiger partial charge in [0.15, 0.2) is 0 Å². The number of nitrogens with zero attached hydrogens (tertiary/aromatic N) is 1. The number of amides is 1. The number of fused-ring (bicyclic) bond motifs is 1. The van der Waals surface area contributed by atoms with Crippen molar-refractivity contribution in [3.8, 4) is 0 Å². The summed E-state index contributed by atoms with van der Waals surface area (Å²) in [5.74, 6) is -0.0319. The van der Waals surface area contributed by atoms with Crippen LogP contribution >= 0.6 is 0 Å². The standard InChI is InChI=1S/C16H23N3O4S/c1-12(19-6-8-23-9-7-19)11-17-24(21,22)14-3-4-15-13(10-14)2-5-16(20)18-15/h3-4,10,12,17H,2,5-9,11H2,1H3,(H,18,20). The van der Waals surface area contributed by atoms with E-state index in [1.807, 2.05) is 6.92 Å². The number of ether oxygens (including phenoxy) is 1. The molecule has 1 unspecified atom stereocenters. The average molecular weight is 353 g/mol. The number of nitrogens with one attached hydrogen (secondary N) is 2. The van der Waals surface area contributed by atoms with Crippen LogP contribution in [0.5, 0.6) is 0 Å². The summed E-state index contributed by atoms with van der Waals surface area (Å²) in [4.78, 5) is 13.8. The first-order valence-corrected chi connectivity index (χ1v) is 9.68. The number of benzene rings is 1. The van der Waals surface area contributed by atoms with Gasteiger partial charge in [-0.3, -0.25) is 9.69 Å². The summed E-state index contributed by atoms with van der Waals surface area (Å²) < 4.78 is 33.1. The van der Waals surface area contributed by atoms with Crippen LogP contribution in [0.1, 0.15) is 18.9 Å². The molecule has 0 aromatic heterocycles. The Morgan fingerprint density at radius 2 is 2.04 bits per heavy atom. The molecule has 1 aromatic carbocycles. The van der Waals surface area contributed by atoms with Gasteiger partial charge in [-0.25, -0.2) is 13.1 Å². The fourth-order valence-corrected chi connectivity index (χ4v) is 4.16. The highest BCUT2D eigenvalue weighted by Gasteiger charge is 2.22. The second kappa shape index (κ2) is 7.18. The number of carbonyl (C=O) groups excluding carboxylic acids is 1. The van der Waals surface area contributed by atoms with Gasteiger partial charge in [-0.2, -0.15) is 0 Å². The van der Waals surface area contributed by atoms with Gasteiger partial charge in [0, 0.05) is 37.8 Å². The molecule has 2 heterocycles. The number of morpholine rings is 1. The number of carbonyl (C=O) groups is 1. The van der Waals surface area contributed by atoms with Gasteiger partial charge in [0.05, 0.1) is 18.1 Å². The summed E-state index contributed by atoms with van der Waals surface area (Å²) in [6, 6.07) is 4.95. The van der Waals surface area contributed by atoms with E-state index in [0.29, 0.717) is 38.3 Å². The molecule has 1 atom stereocenters. The van der Waals surface area contributed by atoms with Crippen molar-refractivity contribution in [2.45, 2.75) is 30.7 Å². The average Bonchev–Trinajstić information content (AvgIpc) is 2.60. The van der Waals surface area contributed by atoms with Crippen molar-refractivity contribution >= 4 is 21.6 Å². The van der Waals surface area contributed by atoms with E-state index in [9.17, 15) is 13.2 Å². The molecule has 7 nitrogen and oxygen atoms in total. The molecule has 0 aliphatic carbocycles. The quantitative estimate of drug-likeness (QED) is 0.808. The Bertz CT molecular complexity index is 714. The number of hydrogen-bond donors (Lipinski definition) is 2. The Labute approximate surface area is 142 Å². The lowest BCUT2D eigenvalue weighted by molar-refractivity contribution is -0.116. The minimum Gasteiger partial charge on any atom is -0.379 e. The van der Waals surface area contributed by atoms with Crippen molar-refractivity contribution in [2.24, 2.45) is 0 Å². The molecule has 2 aliphatic heterocycles. The summed E-state index contributed by atoms with van der Waals surface area (Å²) in [7, 11) is -3.56. The predicted octanol–water partition coefficient (Wildman–Crippen LogP) is 0.570. The predicted molar refractivity (Wildman–Crippen MR) is 90.4 cm³/mol. The molecule has 0 bridgehead atoms. The van der Waals surface area contributed by atoms with Crippen LogP contribution in [0, 0.1) is 0 Å². The van der Waals surface area contributed by atoms with Gasteiger partial charge in [0.25, 0.3) is 0 Å². The first-order chi connectivity index (χ1) is 11.5. The largest absolute Gasteiger partial charge is 0.379 e. The second-order valence-corrected chi connectivity index (χ2v) is 7.98. The van der Waals surface area contributed by atoms with Gasteiger partial charge in [-0.1, -0.05) is 0 Å². The molecule has 3 rings (SSSR count). The number of hydrogen-bond acceptors (Lipinski definition) is 5. The third-order valence-corrected chi connectivity index (χ3v) is 5.94. The van der Waals surface area contributed by atoms with Crippen molar-refractivity contribution in [3.63, 3.8) is 0 Å². The van der Waals surface area contributed by atoms with E-state index >= 15 is 0 Å². The van der Waals surface area contributed by atoms with E-state index in [4.69, 9.17) is 4.74 Å². The molecule has 1 saturated heterocycles. The lowest BCUT2D eigenvalue weighted by atomic mass is 10.0. The molecule has 0 saturated carbocycles. The van der Waals surface area contributed by atoms with Crippen molar-refractivity contribution in [1.82, 2.24) is 9.62 Å². The number of sulfonamides is 1. The van der Waals surface area contributed by atoms with Crippen molar-refractivity contribution in [2.75, 3.05) is 38.2 Å². The van der Waals surface area contributed by atoms with Crippen LogP contribution in [0.25, 0.3) is 0 Å².